The van der Waals surface area contributed by atoms with Crippen LogP contribution >= 0.6 is 27.3 Å². The van der Waals surface area contributed by atoms with Crippen LogP contribution in [-0.4, -0.2) is 26.5 Å². The Bertz CT molecular complexity index is 399. The Morgan fingerprint density at radius 2 is 2.21 bits per heavy atom. The van der Waals surface area contributed by atoms with Crippen molar-refractivity contribution in [3.63, 3.8) is 0 Å². The van der Waals surface area contributed by atoms with E-state index in [4.69, 9.17) is 5.73 Å². The standard InChI is InChI=1S/C8H12BrNO2S2/c1-14(11,12)5-6(10)4-7-2-3-8(9)13-7/h2-3,6H,4-5,10H2,1H3. The number of rotatable bonds is 4. The summed E-state index contributed by atoms with van der Waals surface area (Å²) in [6.45, 7) is 0. The van der Waals surface area contributed by atoms with E-state index in [9.17, 15) is 8.42 Å². The van der Waals surface area contributed by atoms with Crippen molar-refractivity contribution in [2.75, 3.05) is 12.0 Å². The Kier molecular flexibility index (Phi) is 4.12. The van der Waals surface area contributed by atoms with E-state index >= 15 is 0 Å². The lowest BCUT2D eigenvalue weighted by Crippen LogP contribution is -2.30. The topological polar surface area (TPSA) is 60.2 Å². The van der Waals surface area contributed by atoms with E-state index in [0.29, 0.717) is 6.42 Å². The van der Waals surface area contributed by atoms with Gasteiger partial charge < -0.3 is 5.73 Å². The zero-order valence-electron chi connectivity index (χ0n) is 7.73. The minimum atomic E-state index is -2.97. The number of halogens is 1. The zero-order valence-corrected chi connectivity index (χ0v) is 11.0. The SMILES string of the molecule is CS(=O)(=O)CC(N)Cc1ccc(Br)s1. The molecule has 0 aliphatic rings. The zero-order chi connectivity index (χ0) is 10.8. The quantitative estimate of drug-likeness (QED) is 0.914. The van der Waals surface area contributed by atoms with Crippen molar-refractivity contribution in [2.24, 2.45) is 5.73 Å². The van der Waals surface area contributed by atoms with Gasteiger partial charge in [-0.25, -0.2) is 8.42 Å². The van der Waals surface area contributed by atoms with E-state index in [1.807, 2.05) is 12.1 Å². The van der Waals surface area contributed by atoms with E-state index in [0.717, 1.165) is 8.66 Å². The number of hydrogen-bond acceptors (Lipinski definition) is 4. The maximum absolute atomic E-state index is 11.0. The molecule has 0 bridgehead atoms. The average molecular weight is 298 g/mol. The third kappa shape index (κ3) is 4.54. The highest BCUT2D eigenvalue weighted by Crippen LogP contribution is 2.22. The second kappa shape index (κ2) is 4.74. The fourth-order valence-corrected chi connectivity index (χ4v) is 3.64. The molecule has 2 N–H and O–H groups in total. The molecule has 0 saturated carbocycles. The molecule has 3 nitrogen and oxygen atoms in total. The van der Waals surface area contributed by atoms with Gasteiger partial charge in [0.2, 0.25) is 0 Å². The maximum atomic E-state index is 11.0. The number of hydrogen-bond donors (Lipinski definition) is 1. The van der Waals surface area contributed by atoms with Crippen molar-refractivity contribution >= 4 is 37.1 Å². The van der Waals surface area contributed by atoms with E-state index in [1.54, 1.807) is 11.3 Å². The first-order valence-corrected chi connectivity index (χ1v) is 7.71. The van der Waals surface area contributed by atoms with Crippen LogP contribution in [0.1, 0.15) is 4.88 Å². The summed E-state index contributed by atoms with van der Waals surface area (Å²) >= 11 is 4.93. The molecule has 6 heteroatoms. The molecule has 0 aliphatic carbocycles. The van der Waals surface area contributed by atoms with Gasteiger partial charge >= 0.3 is 0 Å². The van der Waals surface area contributed by atoms with Crippen LogP contribution in [-0.2, 0) is 16.3 Å². The molecule has 0 amide bonds. The molecular weight excluding hydrogens is 286 g/mol. The van der Waals surface area contributed by atoms with Crippen molar-refractivity contribution in [1.29, 1.82) is 0 Å². The molecule has 80 valence electrons. The van der Waals surface area contributed by atoms with Crippen molar-refractivity contribution in [3.05, 3.63) is 20.8 Å². The molecular formula is C8H12BrNO2S2. The van der Waals surface area contributed by atoms with Gasteiger partial charge in [-0.2, -0.15) is 0 Å². The maximum Gasteiger partial charge on any atom is 0.148 e. The van der Waals surface area contributed by atoms with Gasteiger partial charge in [0.25, 0.3) is 0 Å². The van der Waals surface area contributed by atoms with Gasteiger partial charge in [0, 0.05) is 17.2 Å². The minimum Gasteiger partial charge on any atom is -0.326 e. The monoisotopic (exact) mass is 297 g/mol. The molecule has 0 fully saturated rings. The van der Waals surface area contributed by atoms with Crippen molar-refractivity contribution in [2.45, 2.75) is 12.5 Å². The van der Waals surface area contributed by atoms with Crippen LogP contribution in [0.15, 0.2) is 15.9 Å². The van der Waals surface area contributed by atoms with Gasteiger partial charge in [-0.15, -0.1) is 11.3 Å². The molecule has 1 rings (SSSR count). The lowest BCUT2D eigenvalue weighted by atomic mass is 10.2. The Hall–Kier alpha value is 0.0900. The van der Waals surface area contributed by atoms with Gasteiger partial charge in [-0.05, 0) is 34.5 Å². The predicted octanol–water partition coefficient (Wildman–Crippen LogP) is 1.43. The summed E-state index contributed by atoms with van der Waals surface area (Å²) in [6, 6.07) is 3.58. The van der Waals surface area contributed by atoms with Gasteiger partial charge in [-0.3, -0.25) is 0 Å². The smallest absolute Gasteiger partial charge is 0.148 e. The highest BCUT2D eigenvalue weighted by atomic mass is 79.9. The molecule has 0 aromatic carbocycles. The Morgan fingerprint density at radius 1 is 1.57 bits per heavy atom. The molecule has 1 aromatic rings. The van der Waals surface area contributed by atoms with Crippen molar-refractivity contribution in [1.82, 2.24) is 0 Å². The highest BCUT2D eigenvalue weighted by Gasteiger charge is 2.12. The number of sulfone groups is 1. The summed E-state index contributed by atoms with van der Waals surface area (Å²) in [7, 11) is -2.97. The fraction of sp³-hybridized carbons (Fsp3) is 0.500. The van der Waals surface area contributed by atoms with Crippen LogP contribution in [0.25, 0.3) is 0 Å². The predicted molar refractivity (Wildman–Crippen MR) is 63.4 cm³/mol. The molecule has 0 aliphatic heterocycles. The molecule has 14 heavy (non-hydrogen) atoms. The summed E-state index contributed by atoms with van der Waals surface area (Å²) in [4.78, 5) is 1.10. The van der Waals surface area contributed by atoms with E-state index in [2.05, 4.69) is 15.9 Å². The van der Waals surface area contributed by atoms with E-state index in [1.165, 1.54) is 6.26 Å². The number of nitrogens with two attached hydrogens (primary N) is 1. The summed E-state index contributed by atoms with van der Waals surface area (Å²) in [5.74, 6) is 0.0442. The van der Waals surface area contributed by atoms with Gasteiger partial charge in [0.05, 0.1) is 9.54 Å². The summed E-state index contributed by atoms with van der Waals surface area (Å²) < 4.78 is 22.9. The molecule has 1 heterocycles. The third-order valence-corrected chi connectivity index (χ3v) is 4.29. The number of thiophene rings is 1. The van der Waals surface area contributed by atoms with Gasteiger partial charge in [-0.1, -0.05) is 0 Å². The van der Waals surface area contributed by atoms with E-state index < -0.39 is 9.84 Å². The third-order valence-electron chi connectivity index (χ3n) is 1.61. The Labute approximate surface area is 96.4 Å². The van der Waals surface area contributed by atoms with Gasteiger partial charge in [0.15, 0.2) is 0 Å². The van der Waals surface area contributed by atoms with Crippen LogP contribution in [0.4, 0.5) is 0 Å². The van der Waals surface area contributed by atoms with Crippen LogP contribution < -0.4 is 5.73 Å². The molecule has 1 unspecified atom stereocenters. The van der Waals surface area contributed by atoms with Crippen LogP contribution in [0.3, 0.4) is 0 Å². The second-order valence-electron chi connectivity index (χ2n) is 3.26. The normalized spacial score (nSPS) is 14.2. The molecule has 1 atom stereocenters. The first-order chi connectivity index (χ1) is 6.37. The lowest BCUT2D eigenvalue weighted by Gasteiger charge is -2.07. The molecule has 0 saturated heterocycles. The lowest BCUT2D eigenvalue weighted by molar-refractivity contribution is 0.592. The molecule has 0 spiro atoms. The van der Waals surface area contributed by atoms with Crippen LogP contribution in [0, 0.1) is 0 Å². The van der Waals surface area contributed by atoms with Gasteiger partial charge in [0.1, 0.15) is 9.84 Å². The van der Waals surface area contributed by atoms with Crippen LogP contribution in [0.5, 0.6) is 0 Å². The highest BCUT2D eigenvalue weighted by molar-refractivity contribution is 9.11. The molecule has 0 radical (unpaired) electrons. The van der Waals surface area contributed by atoms with E-state index in [-0.39, 0.29) is 11.8 Å². The van der Waals surface area contributed by atoms with Crippen LogP contribution in [0.2, 0.25) is 0 Å². The minimum absolute atomic E-state index is 0.0442. The second-order valence-corrected chi connectivity index (χ2v) is 7.99. The van der Waals surface area contributed by atoms with Crippen molar-refractivity contribution in [3.8, 4) is 0 Å². The van der Waals surface area contributed by atoms with Crippen molar-refractivity contribution < 1.29 is 8.42 Å². The summed E-state index contributed by atoms with van der Waals surface area (Å²) in [6.07, 6.45) is 1.82. The molecule has 1 aromatic heterocycles. The largest absolute Gasteiger partial charge is 0.326 e. The Balaban J connectivity index is 2.53. The summed E-state index contributed by atoms with van der Waals surface area (Å²) in [5, 5.41) is 0. The fourth-order valence-electron chi connectivity index (χ4n) is 1.17. The average Bonchev–Trinajstić information content (AvgIpc) is 2.30. The Morgan fingerprint density at radius 3 is 2.64 bits per heavy atom. The summed E-state index contributed by atoms with van der Waals surface area (Å²) in [5.41, 5.74) is 5.71. The first-order valence-electron chi connectivity index (χ1n) is 4.04. The first kappa shape index (κ1) is 12.2.